The second-order valence-electron chi connectivity index (χ2n) is 11.1. The third-order valence-corrected chi connectivity index (χ3v) is 9.93. The highest BCUT2D eigenvalue weighted by atomic mass is 35.5. The highest BCUT2D eigenvalue weighted by Crippen LogP contribution is 2.33. The van der Waals surface area contributed by atoms with Crippen molar-refractivity contribution in [3.05, 3.63) is 101 Å². The number of β-amino-alcohol motifs (C(OH)–C–C–N with tert-alkyl or cyclic N) is 1. The number of nitrogens with zero attached hydrogens (tertiary/aromatic N) is 6. The molecule has 0 bridgehead atoms. The summed E-state index contributed by atoms with van der Waals surface area (Å²) in [5.41, 5.74) is 0.254. The van der Waals surface area contributed by atoms with Gasteiger partial charge in [-0.15, -0.1) is 0 Å². The molecule has 1 fully saturated rings. The number of nitrogens with one attached hydrogen (secondary N) is 2. The van der Waals surface area contributed by atoms with Gasteiger partial charge < -0.3 is 15.3 Å². The number of pyridine rings is 1. The largest absolute Gasteiger partial charge is 0.391 e. The van der Waals surface area contributed by atoms with Crippen molar-refractivity contribution in [2.75, 3.05) is 23.1 Å². The number of sulfonamides is 1. The highest BCUT2D eigenvalue weighted by molar-refractivity contribution is 7.92. The van der Waals surface area contributed by atoms with Crippen molar-refractivity contribution in [1.82, 2.24) is 29.6 Å². The van der Waals surface area contributed by atoms with E-state index in [1.165, 1.54) is 36.1 Å². The summed E-state index contributed by atoms with van der Waals surface area (Å²) < 4.78 is 60.8. The van der Waals surface area contributed by atoms with Crippen LogP contribution in [0.1, 0.15) is 22.5 Å². The quantitative estimate of drug-likeness (QED) is 0.201. The molecule has 1 unspecified atom stereocenters. The molecule has 6 aromatic rings. The van der Waals surface area contributed by atoms with Crippen LogP contribution >= 0.6 is 11.6 Å². The average molecular weight is 691 g/mol. The summed E-state index contributed by atoms with van der Waals surface area (Å²) in [5, 5.41) is 17.9. The number of rotatable bonds is 7. The topological polar surface area (TPSA) is 155 Å². The molecule has 3 aromatic heterocycles. The minimum Gasteiger partial charge on any atom is -0.391 e. The Morgan fingerprint density at radius 3 is 2.65 bits per heavy atom. The number of amides is 1. The summed E-state index contributed by atoms with van der Waals surface area (Å²) in [6, 6.07) is 16.5. The number of benzene rings is 3. The van der Waals surface area contributed by atoms with Crippen molar-refractivity contribution < 1.29 is 27.1 Å². The molecular weight excluding hydrogens is 666 g/mol. The van der Waals surface area contributed by atoms with Crippen molar-refractivity contribution >= 4 is 66.7 Å². The van der Waals surface area contributed by atoms with E-state index < -0.39 is 39.1 Å². The first-order valence-corrected chi connectivity index (χ1v) is 16.5. The fourth-order valence-corrected chi connectivity index (χ4v) is 7.12. The molecule has 0 saturated carbocycles. The Labute approximate surface area is 277 Å². The van der Waals surface area contributed by atoms with Gasteiger partial charge in [-0.25, -0.2) is 36.8 Å². The number of para-hydroxylation sites is 1. The number of anilines is 3. The van der Waals surface area contributed by atoms with Crippen molar-refractivity contribution in [2.24, 2.45) is 0 Å². The lowest BCUT2D eigenvalue weighted by Crippen LogP contribution is -2.30. The molecule has 244 valence electrons. The summed E-state index contributed by atoms with van der Waals surface area (Å²) >= 11 is 6.09. The molecule has 3 N–H and O–H groups in total. The minimum absolute atomic E-state index is 0.0795. The standard InChI is InChI=1S/C32H25ClF2N8O4S/c1-17-20(33)6-4-8-25(17)48(46,47)41-22-10-9-21(34)29(27(22)35)39-31-30-23(36-16-37-31)11-12-26(38-30)43-24-7-3-2-5-19(24)28(40-43)32(45)42-14-13-18(44)15-42/h2-12,16,18,41,44H,13-15H2,1H3,(H,36,37,39). The summed E-state index contributed by atoms with van der Waals surface area (Å²) in [6.45, 7) is 2.12. The summed E-state index contributed by atoms with van der Waals surface area (Å²) in [7, 11) is -4.30. The van der Waals surface area contributed by atoms with E-state index in [1.807, 2.05) is 0 Å². The van der Waals surface area contributed by atoms with Gasteiger partial charge in [0.05, 0.1) is 27.7 Å². The lowest BCUT2D eigenvalue weighted by atomic mass is 10.2. The molecule has 4 heterocycles. The van der Waals surface area contributed by atoms with E-state index >= 15 is 8.78 Å². The molecule has 12 nitrogen and oxygen atoms in total. The van der Waals surface area contributed by atoms with Gasteiger partial charge in [0.1, 0.15) is 23.3 Å². The van der Waals surface area contributed by atoms with Crippen LogP contribution in [0.3, 0.4) is 0 Å². The normalized spacial score (nSPS) is 14.9. The van der Waals surface area contributed by atoms with Gasteiger partial charge in [0.2, 0.25) is 0 Å². The van der Waals surface area contributed by atoms with Gasteiger partial charge in [-0.3, -0.25) is 9.52 Å². The van der Waals surface area contributed by atoms with Crippen LogP contribution in [0.25, 0.3) is 27.8 Å². The van der Waals surface area contributed by atoms with E-state index in [-0.39, 0.29) is 50.8 Å². The zero-order valence-electron chi connectivity index (χ0n) is 25.0. The molecular formula is C32H25ClF2N8O4S. The van der Waals surface area contributed by atoms with Crippen molar-refractivity contribution in [3.63, 3.8) is 0 Å². The summed E-state index contributed by atoms with van der Waals surface area (Å²) in [4.78, 5) is 27.8. The summed E-state index contributed by atoms with van der Waals surface area (Å²) in [5.74, 6) is -2.40. The van der Waals surface area contributed by atoms with Crippen LogP contribution in [0.4, 0.5) is 26.0 Å². The third kappa shape index (κ3) is 5.55. The predicted octanol–water partition coefficient (Wildman–Crippen LogP) is 5.35. The molecule has 0 aliphatic carbocycles. The SMILES string of the molecule is Cc1c(Cl)cccc1S(=O)(=O)Nc1ccc(F)c(Nc2ncnc3ccc(-n4nc(C(=O)N5CCC(O)C5)c5ccccc54)nc23)c1F. The number of aromatic nitrogens is 5. The fraction of sp³-hybridized carbons (Fsp3) is 0.156. The highest BCUT2D eigenvalue weighted by Gasteiger charge is 2.29. The number of likely N-dealkylation sites (tertiary alicyclic amines) is 1. The Kier molecular flexibility index (Phi) is 7.89. The third-order valence-electron chi connectivity index (χ3n) is 8.01. The number of aliphatic hydroxyl groups is 1. The van der Waals surface area contributed by atoms with E-state index in [0.29, 0.717) is 29.4 Å². The zero-order valence-corrected chi connectivity index (χ0v) is 26.6. The molecule has 3 aromatic carbocycles. The first-order valence-electron chi connectivity index (χ1n) is 14.6. The number of carbonyl (C=O) groups excluding carboxylic acids is 1. The number of fused-ring (bicyclic) bond motifs is 2. The van der Waals surface area contributed by atoms with E-state index in [0.717, 1.165) is 12.1 Å². The Morgan fingerprint density at radius 2 is 1.85 bits per heavy atom. The Morgan fingerprint density at radius 1 is 1.04 bits per heavy atom. The Balaban J connectivity index is 1.26. The predicted molar refractivity (Wildman–Crippen MR) is 175 cm³/mol. The van der Waals surface area contributed by atoms with E-state index in [9.17, 15) is 18.3 Å². The lowest BCUT2D eigenvalue weighted by Gasteiger charge is -2.15. The van der Waals surface area contributed by atoms with Crippen LogP contribution in [-0.4, -0.2) is 68.3 Å². The van der Waals surface area contributed by atoms with Crippen molar-refractivity contribution in [3.8, 4) is 5.82 Å². The molecule has 48 heavy (non-hydrogen) atoms. The number of halogens is 3. The molecule has 16 heteroatoms. The smallest absolute Gasteiger partial charge is 0.275 e. The zero-order chi connectivity index (χ0) is 33.7. The molecule has 1 aliphatic heterocycles. The maximum absolute atomic E-state index is 15.8. The lowest BCUT2D eigenvalue weighted by molar-refractivity contribution is 0.0760. The molecule has 1 amide bonds. The van der Waals surface area contributed by atoms with Gasteiger partial charge in [0.25, 0.3) is 15.9 Å². The van der Waals surface area contributed by atoms with Gasteiger partial charge in [-0.2, -0.15) is 5.10 Å². The first-order chi connectivity index (χ1) is 23.0. The molecule has 7 rings (SSSR count). The monoisotopic (exact) mass is 690 g/mol. The van der Waals surface area contributed by atoms with E-state index in [4.69, 9.17) is 11.6 Å². The number of hydrogen-bond donors (Lipinski definition) is 3. The summed E-state index contributed by atoms with van der Waals surface area (Å²) in [6.07, 6.45) is 1.06. The van der Waals surface area contributed by atoms with Crippen LogP contribution in [-0.2, 0) is 10.0 Å². The first kappa shape index (κ1) is 31.4. The van der Waals surface area contributed by atoms with Crippen LogP contribution < -0.4 is 10.0 Å². The van der Waals surface area contributed by atoms with Gasteiger partial charge in [-0.1, -0.05) is 35.9 Å². The van der Waals surface area contributed by atoms with E-state index in [2.05, 4.69) is 30.1 Å². The Hall–Kier alpha value is -5.25. The van der Waals surface area contributed by atoms with Gasteiger partial charge in [0.15, 0.2) is 23.1 Å². The molecule has 1 aliphatic rings. The molecule has 0 spiro atoms. The number of hydrogen-bond acceptors (Lipinski definition) is 9. The van der Waals surface area contributed by atoms with Crippen molar-refractivity contribution in [2.45, 2.75) is 24.3 Å². The molecule has 1 saturated heterocycles. The van der Waals surface area contributed by atoms with Crippen LogP contribution in [0.2, 0.25) is 5.02 Å². The minimum atomic E-state index is -4.30. The van der Waals surface area contributed by atoms with Gasteiger partial charge in [-0.05, 0) is 61.4 Å². The van der Waals surface area contributed by atoms with Crippen LogP contribution in [0.5, 0.6) is 0 Å². The maximum atomic E-state index is 15.8. The fourth-order valence-electron chi connectivity index (χ4n) is 5.56. The van der Waals surface area contributed by atoms with Crippen molar-refractivity contribution in [1.29, 1.82) is 0 Å². The van der Waals surface area contributed by atoms with E-state index in [1.54, 1.807) is 41.3 Å². The van der Waals surface area contributed by atoms with Crippen LogP contribution in [0.15, 0.2) is 78.0 Å². The number of aliphatic hydroxyl groups excluding tert-OH is 1. The number of carbonyl (C=O) groups is 1. The van der Waals surface area contributed by atoms with Gasteiger partial charge in [0, 0.05) is 23.5 Å². The Bertz CT molecular complexity index is 2370. The second-order valence-corrected chi connectivity index (χ2v) is 13.2. The maximum Gasteiger partial charge on any atom is 0.275 e. The van der Waals surface area contributed by atoms with Gasteiger partial charge >= 0.3 is 0 Å². The van der Waals surface area contributed by atoms with Crippen LogP contribution in [0, 0.1) is 18.6 Å². The molecule has 1 atom stereocenters. The molecule has 0 radical (unpaired) electrons. The second kappa shape index (κ2) is 12.1. The average Bonchev–Trinajstić information content (AvgIpc) is 3.69.